The Kier molecular flexibility index (Phi) is 9.85. The summed E-state index contributed by atoms with van der Waals surface area (Å²) in [7, 11) is 0. The van der Waals surface area contributed by atoms with E-state index in [1.165, 1.54) is 6.07 Å². The van der Waals surface area contributed by atoms with Crippen molar-refractivity contribution < 1.29 is 23.5 Å². The second-order valence-electron chi connectivity index (χ2n) is 6.32. The average Bonchev–Trinajstić information content (AvgIpc) is 2.60. The van der Waals surface area contributed by atoms with Crippen LogP contribution < -0.4 is 21.1 Å². The summed E-state index contributed by atoms with van der Waals surface area (Å²) in [5.41, 5.74) is 5.94. The number of carbonyl (C=O) groups excluding carboxylic acids is 3. The molecule has 7 nitrogen and oxygen atoms in total. The van der Waals surface area contributed by atoms with Crippen molar-refractivity contribution >= 4 is 17.7 Å². The largest absolute Gasteiger partial charge is 0.491 e. The second kappa shape index (κ2) is 11.9. The number of hydrogen-bond acceptors (Lipinski definition) is 4. The number of ether oxygens (including phenoxy) is 1. The molecule has 1 aromatic carbocycles. The Morgan fingerprint density at radius 3 is 2.63 bits per heavy atom. The van der Waals surface area contributed by atoms with Gasteiger partial charge in [0.15, 0.2) is 11.6 Å². The Bertz CT molecular complexity index is 652. The van der Waals surface area contributed by atoms with Gasteiger partial charge in [-0.1, -0.05) is 13.0 Å². The number of hydrogen-bond donors (Lipinski definition) is 3. The number of benzene rings is 1. The van der Waals surface area contributed by atoms with E-state index in [9.17, 15) is 18.8 Å². The summed E-state index contributed by atoms with van der Waals surface area (Å²) in [6.07, 6.45) is 1.69. The maximum Gasteiger partial charge on any atom is 0.243 e. The number of amides is 3. The molecule has 1 unspecified atom stereocenters. The zero-order chi connectivity index (χ0) is 20.2. The Morgan fingerprint density at radius 1 is 1.26 bits per heavy atom. The normalized spacial score (nSPS) is 11.5. The van der Waals surface area contributed by atoms with Gasteiger partial charge in [0.2, 0.25) is 17.7 Å². The first kappa shape index (κ1) is 22.4. The molecule has 0 heterocycles. The van der Waals surface area contributed by atoms with E-state index in [1.807, 2.05) is 6.92 Å². The molecule has 0 spiro atoms. The summed E-state index contributed by atoms with van der Waals surface area (Å²) in [6.45, 7) is 4.41. The van der Waals surface area contributed by atoms with E-state index in [-0.39, 0.29) is 31.1 Å². The molecule has 1 aromatic rings. The van der Waals surface area contributed by atoms with Crippen LogP contribution in [0.5, 0.6) is 5.75 Å². The molecule has 0 fully saturated rings. The van der Waals surface area contributed by atoms with E-state index < -0.39 is 23.7 Å². The van der Waals surface area contributed by atoms with Gasteiger partial charge in [-0.15, -0.1) is 0 Å². The molecule has 0 bridgehead atoms. The number of nitrogens with two attached hydrogens (primary N) is 1. The quantitative estimate of drug-likeness (QED) is 0.477. The molecule has 3 amide bonds. The average molecular weight is 381 g/mol. The van der Waals surface area contributed by atoms with E-state index in [4.69, 9.17) is 10.5 Å². The van der Waals surface area contributed by atoms with Crippen molar-refractivity contribution in [2.45, 2.75) is 52.0 Å². The van der Waals surface area contributed by atoms with Crippen molar-refractivity contribution in [3.63, 3.8) is 0 Å². The third-order valence-corrected chi connectivity index (χ3v) is 3.75. The fraction of sp³-hybridized carbons (Fsp3) is 0.526. The Labute approximate surface area is 158 Å². The van der Waals surface area contributed by atoms with Crippen molar-refractivity contribution in [2.24, 2.45) is 5.73 Å². The Morgan fingerprint density at radius 2 is 2.00 bits per heavy atom. The molecule has 0 saturated carbocycles. The van der Waals surface area contributed by atoms with E-state index in [0.29, 0.717) is 19.4 Å². The summed E-state index contributed by atoms with van der Waals surface area (Å²) in [5, 5.41) is 5.16. The van der Waals surface area contributed by atoms with Crippen LogP contribution in [0.25, 0.3) is 0 Å². The first-order chi connectivity index (χ1) is 12.8. The summed E-state index contributed by atoms with van der Waals surface area (Å²) >= 11 is 0. The highest BCUT2D eigenvalue weighted by atomic mass is 19.1. The SMILES string of the molecule is CCCNC(=O)C(CC(N)=O)NC(=O)CCCCOc1ccc(C)cc1F. The Hall–Kier alpha value is -2.64. The fourth-order valence-electron chi connectivity index (χ4n) is 2.34. The van der Waals surface area contributed by atoms with Gasteiger partial charge in [0.05, 0.1) is 13.0 Å². The number of unbranched alkanes of at least 4 members (excludes halogenated alkanes) is 1. The molecule has 8 heteroatoms. The predicted molar refractivity (Wildman–Crippen MR) is 99.5 cm³/mol. The fourth-order valence-corrected chi connectivity index (χ4v) is 2.34. The van der Waals surface area contributed by atoms with Crippen LogP contribution in [0, 0.1) is 12.7 Å². The highest BCUT2D eigenvalue weighted by Crippen LogP contribution is 2.18. The van der Waals surface area contributed by atoms with E-state index in [1.54, 1.807) is 19.1 Å². The number of carbonyl (C=O) groups is 3. The zero-order valence-corrected chi connectivity index (χ0v) is 15.8. The third-order valence-electron chi connectivity index (χ3n) is 3.75. The van der Waals surface area contributed by atoms with Crippen LogP contribution in [0.15, 0.2) is 18.2 Å². The molecule has 0 saturated heterocycles. The van der Waals surface area contributed by atoms with Gasteiger partial charge in [-0.25, -0.2) is 4.39 Å². The first-order valence-corrected chi connectivity index (χ1v) is 9.07. The highest BCUT2D eigenvalue weighted by Gasteiger charge is 2.22. The van der Waals surface area contributed by atoms with Gasteiger partial charge in [0.25, 0.3) is 0 Å². The minimum absolute atomic E-state index is 0.163. The predicted octanol–water partition coefficient (Wildman–Crippen LogP) is 1.57. The summed E-state index contributed by atoms with van der Waals surface area (Å²) < 4.78 is 19.0. The van der Waals surface area contributed by atoms with Crippen LogP contribution in [0.4, 0.5) is 4.39 Å². The van der Waals surface area contributed by atoms with Gasteiger partial charge >= 0.3 is 0 Å². The smallest absolute Gasteiger partial charge is 0.243 e. The van der Waals surface area contributed by atoms with Gasteiger partial charge in [-0.3, -0.25) is 14.4 Å². The van der Waals surface area contributed by atoms with Crippen LogP contribution in [0.2, 0.25) is 0 Å². The van der Waals surface area contributed by atoms with Crippen LogP contribution in [-0.4, -0.2) is 36.9 Å². The lowest BCUT2D eigenvalue weighted by Gasteiger charge is -2.17. The molecule has 1 rings (SSSR count). The number of nitrogens with one attached hydrogen (secondary N) is 2. The number of rotatable bonds is 12. The summed E-state index contributed by atoms with van der Waals surface area (Å²) in [5.74, 6) is -1.68. The van der Waals surface area contributed by atoms with Gasteiger partial charge in [0.1, 0.15) is 6.04 Å². The molecule has 0 aliphatic heterocycles. The zero-order valence-electron chi connectivity index (χ0n) is 15.8. The molecular weight excluding hydrogens is 353 g/mol. The summed E-state index contributed by atoms with van der Waals surface area (Å²) in [4.78, 5) is 35.1. The molecule has 27 heavy (non-hydrogen) atoms. The van der Waals surface area contributed by atoms with Gasteiger partial charge in [-0.05, 0) is 43.9 Å². The topological polar surface area (TPSA) is 111 Å². The van der Waals surface area contributed by atoms with Gasteiger partial charge in [-0.2, -0.15) is 0 Å². The molecule has 0 aromatic heterocycles. The standard InChI is InChI=1S/C19H28FN3O4/c1-3-9-22-19(26)15(12-17(21)24)23-18(25)6-4-5-10-27-16-8-7-13(2)11-14(16)20/h7-8,11,15H,3-6,9-10,12H2,1-2H3,(H2,21,24)(H,22,26)(H,23,25). The van der Waals surface area contributed by atoms with Crippen LogP contribution in [0.3, 0.4) is 0 Å². The van der Waals surface area contributed by atoms with E-state index >= 15 is 0 Å². The minimum atomic E-state index is -0.973. The Balaban J connectivity index is 2.34. The number of primary amides is 1. The van der Waals surface area contributed by atoms with Crippen LogP contribution >= 0.6 is 0 Å². The lowest BCUT2D eigenvalue weighted by atomic mass is 10.1. The highest BCUT2D eigenvalue weighted by molar-refractivity contribution is 5.91. The monoisotopic (exact) mass is 381 g/mol. The second-order valence-corrected chi connectivity index (χ2v) is 6.32. The van der Waals surface area contributed by atoms with Crippen molar-refractivity contribution in [1.82, 2.24) is 10.6 Å². The van der Waals surface area contributed by atoms with E-state index in [0.717, 1.165) is 12.0 Å². The van der Waals surface area contributed by atoms with E-state index in [2.05, 4.69) is 10.6 Å². The first-order valence-electron chi connectivity index (χ1n) is 9.07. The van der Waals surface area contributed by atoms with Gasteiger partial charge < -0.3 is 21.1 Å². The van der Waals surface area contributed by atoms with Crippen molar-refractivity contribution in [3.05, 3.63) is 29.6 Å². The lowest BCUT2D eigenvalue weighted by Crippen LogP contribution is -2.48. The lowest BCUT2D eigenvalue weighted by molar-refractivity contribution is -0.131. The third kappa shape index (κ3) is 9.03. The summed E-state index contributed by atoms with van der Waals surface area (Å²) in [6, 6.07) is 3.75. The van der Waals surface area contributed by atoms with Crippen molar-refractivity contribution in [3.8, 4) is 5.75 Å². The molecule has 0 aliphatic carbocycles. The van der Waals surface area contributed by atoms with Crippen molar-refractivity contribution in [2.75, 3.05) is 13.2 Å². The molecule has 150 valence electrons. The number of halogens is 1. The molecule has 4 N–H and O–H groups in total. The van der Waals surface area contributed by atoms with Crippen molar-refractivity contribution in [1.29, 1.82) is 0 Å². The molecule has 1 atom stereocenters. The maximum atomic E-state index is 13.6. The van der Waals surface area contributed by atoms with Crippen LogP contribution in [0.1, 0.15) is 44.6 Å². The van der Waals surface area contributed by atoms with Gasteiger partial charge in [0, 0.05) is 13.0 Å². The minimum Gasteiger partial charge on any atom is -0.491 e. The molecular formula is C19H28FN3O4. The van der Waals surface area contributed by atoms with Crippen LogP contribution in [-0.2, 0) is 14.4 Å². The molecule has 0 aliphatic rings. The number of aryl methyl sites for hydroxylation is 1. The molecule has 0 radical (unpaired) electrons. The maximum absolute atomic E-state index is 13.6.